The van der Waals surface area contributed by atoms with Crippen molar-refractivity contribution in [1.29, 1.82) is 0 Å². The fourth-order valence-corrected chi connectivity index (χ4v) is 3.05. The number of aliphatic carboxylic acids is 1. The Morgan fingerprint density at radius 2 is 2.11 bits per heavy atom. The van der Waals surface area contributed by atoms with E-state index in [-0.39, 0.29) is 11.9 Å². The summed E-state index contributed by atoms with van der Waals surface area (Å²) >= 11 is 0. The molecule has 0 aromatic rings. The molecule has 1 saturated carbocycles. The van der Waals surface area contributed by atoms with Crippen LogP contribution in [0.5, 0.6) is 0 Å². The average molecular weight is 264 g/mol. The number of hydrogen-bond donors (Lipinski definition) is 1. The predicted molar refractivity (Wildman–Crippen MR) is 71.6 cm³/mol. The van der Waals surface area contributed by atoms with Gasteiger partial charge in [-0.05, 0) is 25.2 Å². The molecule has 1 aliphatic heterocycles. The third-order valence-corrected chi connectivity index (χ3v) is 3.83. The Morgan fingerprint density at radius 3 is 2.74 bits per heavy atom. The van der Waals surface area contributed by atoms with Crippen LogP contribution < -0.4 is 0 Å². The van der Waals surface area contributed by atoms with E-state index in [4.69, 9.17) is 5.11 Å². The van der Waals surface area contributed by atoms with Crippen LogP contribution in [0.15, 0.2) is 17.3 Å². The van der Waals surface area contributed by atoms with Crippen molar-refractivity contribution in [2.45, 2.75) is 45.6 Å². The van der Waals surface area contributed by atoms with Crippen molar-refractivity contribution in [2.24, 2.45) is 16.9 Å². The monoisotopic (exact) mass is 264 g/mol. The summed E-state index contributed by atoms with van der Waals surface area (Å²) in [5.74, 6) is -0.774. The highest BCUT2D eigenvalue weighted by molar-refractivity contribution is 5.97. The van der Waals surface area contributed by atoms with Crippen molar-refractivity contribution in [3.05, 3.63) is 12.2 Å². The van der Waals surface area contributed by atoms with Crippen molar-refractivity contribution in [3.8, 4) is 0 Å². The largest absolute Gasteiger partial charge is 0.478 e. The third-order valence-electron chi connectivity index (χ3n) is 3.83. The molecule has 0 radical (unpaired) electrons. The second-order valence-corrected chi connectivity index (χ2v) is 5.53. The van der Waals surface area contributed by atoms with Crippen LogP contribution in [0.4, 0.5) is 0 Å². The van der Waals surface area contributed by atoms with Crippen molar-refractivity contribution in [3.63, 3.8) is 0 Å². The lowest BCUT2D eigenvalue weighted by Gasteiger charge is -2.30. The SMILES string of the molecule is CC(C)C1C2CCCCC2=NN1C(=O)/C=C/C(=O)O. The topological polar surface area (TPSA) is 70.0 Å². The zero-order valence-electron chi connectivity index (χ0n) is 11.4. The highest BCUT2D eigenvalue weighted by Gasteiger charge is 2.41. The highest BCUT2D eigenvalue weighted by atomic mass is 16.4. The first-order valence-corrected chi connectivity index (χ1v) is 6.82. The molecule has 1 aliphatic carbocycles. The number of fused-ring (bicyclic) bond motifs is 1. The molecule has 0 bridgehead atoms. The van der Waals surface area contributed by atoms with Crippen LogP contribution in [0.1, 0.15) is 39.5 Å². The summed E-state index contributed by atoms with van der Waals surface area (Å²) in [5.41, 5.74) is 1.11. The molecule has 104 valence electrons. The van der Waals surface area contributed by atoms with Gasteiger partial charge in [0.25, 0.3) is 5.91 Å². The van der Waals surface area contributed by atoms with Gasteiger partial charge < -0.3 is 5.11 Å². The number of carboxylic acids is 1. The van der Waals surface area contributed by atoms with E-state index in [0.717, 1.165) is 37.1 Å². The van der Waals surface area contributed by atoms with Gasteiger partial charge in [-0.3, -0.25) is 4.79 Å². The normalized spacial score (nSPS) is 26.7. The zero-order chi connectivity index (χ0) is 14.0. The van der Waals surface area contributed by atoms with Gasteiger partial charge >= 0.3 is 5.97 Å². The Morgan fingerprint density at radius 1 is 1.37 bits per heavy atom. The Bertz CT molecular complexity index is 440. The average Bonchev–Trinajstić information content (AvgIpc) is 2.75. The Labute approximate surface area is 113 Å². The summed E-state index contributed by atoms with van der Waals surface area (Å²) in [7, 11) is 0. The Hall–Kier alpha value is -1.65. The molecule has 1 amide bonds. The molecule has 1 N–H and O–H groups in total. The van der Waals surface area contributed by atoms with Gasteiger partial charge in [0.2, 0.25) is 0 Å². The van der Waals surface area contributed by atoms with Gasteiger partial charge in [0.1, 0.15) is 0 Å². The molecular weight excluding hydrogens is 244 g/mol. The molecule has 5 heteroatoms. The van der Waals surface area contributed by atoms with Gasteiger partial charge in [0.05, 0.1) is 6.04 Å². The molecule has 2 aliphatic rings. The van der Waals surface area contributed by atoms with Crippen LogP contribution in [-0.2, 0) is 9.59 Å². The quantitative estimate of drug-likeness (QED) is 0.793. The first kappa shape index (κ1) is 13.8. The van der Waals surface area contributed by atoms with Crippen molar-refractivity contribution >= 4 is 17.6 Å². The molecule has 1 fully saturated rings. The fourth-order valence-electron chi connectivity index (χ4n) is 3.05. The highest BCUT2D eigenvalue weighted by Crippen LogP contribution is 2.36. The van der Waals surface area contributed by atoms with Gasteiger partial charge in [-0.25, -0.2) is 9.80 Å². The van der Waals surface area contributed by atoms with Crippen molar-refractivity contribution < 1.29 is 14.7 Å². The van der Waals surface area contributed by atoms with E-state index in [1.165, 1.54) is 11.4 Å². The Kier molecular flexibility index (Phi) is 4.02. The minimum Gasteiger partial charge on any atom is -0.478 e. The molecule has 0 aromatic heterocycles. The molecule has 2 unspecified atom stereocenters. The second-order valence-electron chi connectivity index (χ2n) is 5.53. The molecule has 0 aromatic carbocycles. The van der Waals surface area contributed by atoms with E-state index in [9.17, 15) is 9.59 Å². The van der Waals surface area contributed by atoms with Crippen molar-refractivity contribution in [2.75, 3.05) is 0 Å². The van der Waals surface area contributed by atoms with Gasteiger partial charge in [-0.15, -0.1) is 0 Å². The second kappa shape index (κ2) is 5.55. The maximum absolute atomic E-state index is 12.1. The number of rotatable bonds is 3. The van der Waals surface area contributed by atoms with E-state index in [1.807, 2.05) is 0 Å². The molecule has 0 spiro atoms. The lowest BCUT2D eigenvalue weighted by molar-refractivity contribution is -0.133. The summed E-state index contributed by atoms with van der Waals surface area (Å²) in [5, 5.41) is 14.5. The van der Waals surface area contributed by atoms with Crippen LogP contribution >= 0.6 is 0 Å². The van der Waals surface area contributed by atoms with E-state index in [0.29, 0.717) is 11.8 Å². The maximum Gasteiger partial charge on any atom is 0.328 e. The number of amides is 1. The van der Waals surface area contributed by atoms with Crippen molar-refractivity contribution in [1.82, 2.24) is 5.01 Å². The molecule has 2 atom stereocenters. The third kappa shape index (κ3) is 2.85. The van der Waals surface area contributed by atoms with E-state index >= 15 is 0 Å². The fraction of sp³-hybridized carbons (Fsp3) is 0.643. The number of hydrazone groups is 1. The first-order valence-electron chi connectivity index (χ1n) is 6.82. The number of carboxylic acid groups (broad SMARTS) is 1. The van der Waals surface area contributed by atoms with Gasteiger partial charge in [0, 0.05) is 23.8 Å². The number of carbonyl (C=O) groups is 2. The van der Waals surface area contributed by atoms with Gasteiger partial charge in [-0.1, -0.05) is 20.3 Å². The minimum atomic E-state index is -1.11. The van der Waals surface area contributed by atoms with E-state index < -0.39 is 5.97 Å². The maximum atomic E-state index is 12.1. The lowest BCUT2D eigenvalue weighted by Crippen LogP contribution is -2.41. The minimum absolute atomic E-state index is 0.0706. The van der Waals surface area contributed by atoms with Crippen LogP contribution in [0, 0.1) is 11.8 Å². The van der Waals surface area contributed by atoms with E-state index in [1.54, 1.807) is 0 Å². The molecule has 2 rings (SSSR count). The Balaban J connectivity index is 2.20. The summed E-state index contributed by atoms with van der Waals surface area (Å²) < 4.78 is 0. The van der Waals surface area contributed by atoms with E-state index in [2.05, 4.69) is 18.9 Å². The molecule has 19 heavy (non-hydrogen) atoms. The van der Waals surface area contributed by atoms with Crippen LogP contribution in [0.25, 0.3) is 0 Å². The first-order chi connectivity index (χ1) is 9.00. The standard InChI is InChI=1S/C14H20N2O3/c1-9(2)14-10-5-3-4-6-11(10)15-16(14)12(17)7-8-13(18)19/h7-10,14H,3-6H2,1-2H3,(H,18,19)/b8-7+. The number of carbonyl (C=O) groups excluding carboxylic acids is 1. The summed E-state index contributed by atoms with van der Waals surface area (Å²) in [6.07, 6.45) is 6.32. The molecular formula is C14H20N2O3. The van der Waals surface area contributed by atoms with Crippen LogP contribution in [0.3, 0.4) is 0 Å². The molecule has 0 saturated heterocycles. The predicted octanol–water partition coefficient (Wildman–Crippen LogP) is 2.04. The zero-order valence-corrected chi connectivity index (χ0v) is 11.4. The summed E-state index contributed by atoms with van der Waals surface area (Å²) in [6.45, 7) is 4.16. The van der Waals surface area contributed by atoms with Crippen LogP contribution in [0.2, 0.25) is 0 Å². The molecule has 1 heterocycles. The lowest BCUT2D eigenvalue weighted by atomic mass is 9.79. The smallest absolute Gasteiger partial charge is 0.328 e. The van der Waals surface area contributed by atoms with Crippen LogP contribution in [-0.4, -0.2) is 33.7 Å². The number of nitrogens with zero attached hydrogens (tertiary/aromatic N) is 2. The number of hydrogen-bond acceptors (Lipinski definition) is 3. The van der Waals surface area contributed by atoms with Gasteiger partial charge in [-0.2, -0.15) is 5.10 Å². The van der Waals surface area contributed by atoms with Gasteiger partial charge in [0.15, 0.2) is 0 Å². The summed E-state index contributed by atoms with van der Waals surface area (Å²) in [4.78, 5) is 22.6. The summed E-state index contributed by atoms with van der Waals surface area (Å²) in [6, 6.07) is 0.0706. The molecule has 5 nitrogen and oxygen atoms in total.